The normalized spacial score (nSPS) is 10.4. The summed E-state index contributed by atoms with van der Waals surface area (Å²) in [5.74, 6) is -1.84. The van der Waals surface area contributed by atoms with Crippen molar-refractivity contribution in [2.24, 2.45) is 0 Å². The van der Waals surface area contributed by atoms with Gasteiger partial charge in [0.1, 0.15) is 5.56 Å². The maximum Gasteiger partial charge on any atom is 0.341 e. The molecule has 0 saturated carbocycles. The highest BCUT2D eigenvalue weighted by atomic mass is 19.1. The number of anilines is 1. The molecule has 0 unspecified atom stereocenters. The van der Waals surface area contributed by atoms with Gasteiger partial charge >= 0.3 is 5.97 Å². The van der Waals surface area contributed by atoms with Crippen LogP contribution in [-0.2, 0) is 0 Å². The molecule has 2 rings (SSSR count). The molecule has 7 heteroatoms. The van der Waals surface area contributed by atoms with Crippen LogP contribution in [0.4, 0.5) is 10.2 Å². The zero-order chi connectivity index (χ0) is 14.0. The number of hydrogen-bond donors (Lipinski definition) is 3. The van der Waals surface area contributed by atoms with Crippen molar-refractivity contribution >= 4 is 11.8 Å². The van der Waals surface area contributed by atoms with E-state index >= 15 is 0 Å². The molecule has 0 bridgehead atoms. The van der Waals surface area contributed by atoms with Crippen LogP contribution in [0.5, 0.6) is 5.75 Å². The number of nitrogen functional groups attached to an aromatic ring is 1. The number of rotatable bonds is 4. The van der Waals surface area contributed by atoms with E-state index in [-0.39, 0.29) is 22.8 Å². The number of nitrogens with zero attached hydrogens (tertiary/aromatic N) is 1. The number of nitrogens with one attached hydrogen (secondary N) is 1. The summed E-state index contributed by atoms with van der Waals surface area (Å²) in [4.78, 5) is 11.1. The SMILES string of the molecule is CCOc1ccc(-c2[nH]nc(N)c2C(=O)O)cc1F. The monoisotopic (exact) mass is 265 g/mol. The Kier molecular flexibility index (Phi) is 3.37. The largest absolute Gasteiger partial charge is 0.491 e. The first-order chi connectivity index (χ1) is 9.04. The number of halogens is 1. The predicted octanol–water partition coefficient (Wildman–Crippen LogP) is 1.89. The van der Waals surface area contributed by atoms with Crippen LogP contribution in [0.15, 0.2) is 18.2 Å². The van der Waals surface area contributed by atoms with Crippen LogP contribution in [0.1, 0.15) is 17.3 Å². The Morgan fingerprint density at radius 3 is 2.89 bits per heavy atom. The molecule has 1 aromatic heterocycles. The number of nitrogens with two attached hydrogens (primary N) is 1. The maximum absolute atomic E-state index is 13.7. The first kappa shape index (κ1) is 12.9. The maximum atomic E-state index is 13.7. The number of aromatic nitrogens is 2. The van der Waals surface area contributed by atoms with Gasteiger partial charge in [0, 0.05) is 5.56 Å². The fourth-order valence-corrected chi connectivity index (χ4v) is 1.71. The molecule has 0 amide bonds. The highest BCUT2D eigenvalue weighted by Gasteiger charge is 2.20. The fourth-order valence-electron chi connectivity index (χ4n) is 1.71. The fraction of sp³-hybridized carbons (Fsp3) is 0.167. The number of aromatic amines is 1. The number of carbonyl (C=O) groups is 1. The van der Waals surface area contributed by atoms with E-state index in [9.17, 15) is 9.18 Å². The van der Waals surface area contributed by atoms with Crippen LogP contribution < -0.4 is 10.5 Å². The van der Waals surface area contributed by atoms with Gasteiger partial charge in [-0.15, -0.1) is 0 Å². The van der Waals surface area contributed by atoms with Gasteiger partial charge in [0.2, 0.25) is 0 Å². The van der Waals surface area contributed by atoms with Gasteiger partial charge in [0.15, 0.2) is 17.4 Å². The molecule has 0 saturated heterocycles. The lowest BCUT2D eigenvalue weighted by atomic mass is 10.1. The summed E-state index contributed by atoms with van der Waals surface area (Å²) in [6.45, 7) is 2.08. The number of benzene rings is 1. The van der Waals surface area contributed by atoms with Gasteiger partial charge in [-0.25, -0.2) is 9.18 Å². The summed E-state index contributed by atoms with van der Waals surface area (Å²) in [7, 11) is 0. The van der Waals surface area contributed by atoms with Crippen LogP contribution >= 0.6 is 0 Å². The minimum atomic E-state index is -1.23. The molecule has 0 fully saturated rings. The quantitative estimate of drug-likeness (QED) is 0.783. The first-order valence-corrected chi connectivity index (χ1v) is 5.54. The van der Waals surface area contributed by atoms with Gasteiger partial charge in [-0.1, -0.05) is 0 Å². The zero-order valence-corrected chi connectivity index (χ0v) is 10.1. The summed E-state index contributed by atoms with van der Waals surface area (Å²) in [5, 5.41) is 15.2. The molecule has 2 aromatic rings. The second-order valence-corrected chi connectivity index (χ2v) is 3.74. The highest BCUT2D eigenvalue weighted by Crippen LogP contribution is 2.28. The first-order valence-electron chi connectivity index (χ1n) is 5.54. The van der Waals surface area contributed by atoms with Crippen molar-refractivity contribution in [2.45, 2.75) is 6.92 Å². The van der Waals surface area contributed by atoms with Gasteiger partial charge in [-0.3, -0.25) is 5.10 Å². The number of ether oxygens (including phenoxy) is 1. The lowest BCUT2D eigenvalue weighted by Gasteiger charge is -2.06. The van der Waals surface area contributed by atoms with Crippen LogP contribution in [0.2, 0.25) is 0 Å². The Morgan fingerprint density at radius 1 is 1.58 bits per heavy atom. The van der Waals surface area contributed by atoms with Gasteiger partial charge in [0.05, 0.1) is 12.3 Å². The van der Waals surface area contributed by atoms with E-state index < -0.39 is 11.8 Å². The molecule has 0 aliphatic carbocycles. The number of hydrogen-bond acceptors (Lipinski definition) is 4. The van der Waals surface area contributed by atoms with E-state index in [0.717, 1.165) is 0 Å². The molecule has 19 heavy (non-hydrogen) atoms. The van der Waals surface area contributed by atoms with E-state index in [1.54, 1.807) is 6.92 Å². The highest BCUT2D eigenvalue weighted by molar-refractivity contribution is 5.99. The van der Waals surface area contributed by atoms with Crippen LogP contribution in [0.3, 0.4) is 0 Å². The summed E-state index contributed by atoms with van der Waals surface area (Å²) in [6.07, 6.45) is 0. The van der Waals surface area contributed by atoms with Crippen molar-refractivity contribution in [3.63, 3.8) is 0 Å². The van der Waals surface area contributed by atoms with Crippen molar-refractivity contribution < 1.29 is 19.0 Å². The van der Waals surface area contributed by atoms with Gasteiger partial charge in [0.25, 0.3) is 0 Å². The third-order valence-corrected chi connectivity index (χ3v) is 2.53. The summed E-state index contributed by atoms with van der Waals surface area (Å²) < 4.78 is 18.8. The van der Waals surface area contributed by atoms with Crippen molar-refractivity contribution in [1.82, 2.24) is 10.2 Å². The molecule has 0 atom stereocenters. The molecule has 0 radical (unpaired) electrons. The lowest BCUT2D eigenvalue weighted by molar-refractivity contribution is 0.0699. The Morgan fingerprint density at radius 2 is 2.32 bits per heavy atom. The van der Waals surface area contributed by atoms with Crippen molar-refractivity contribution in [2.75, 3.05) is 12.3 Å². The van der Waals surface area contributed by atoms with Crippen molar-refractivity contribution in [3.05, 3.63) is 29.6 Å². The zero-order valence-electron chi connectivity index (χ0n) is 10.1. The molecule has 1 aromatic carbocycles. The Bertz CT molecular complexity index is 625. The molecule has 0 aliphatic rings. The van der Waals surface area contributed by atoms with E-state index in [4.69, 9.17) is 15.6 Å². The number of H-pyrrole nitrogens is 1. The molecular weight excluding hydrogens is 253 g/mol. The van der Waals surface area contributed by atoms with Gasteiger partial charge in [-0.05, 0) is 25.1 Å². The summed E-state index contributed by atoms with van der Waals surface area (Å²) in [6, 6.07) is 4.13. The average Bonchev–Trinajstić information content (AvgIpc) is 2.74. The standard InChI is InChI=1S/C12H12FN3O3/c1-2-19-8-4-3-6(5-7(8)13)10-9(12(17)18)11(14)16-15-10/h3-5H,2H2,1H3,(H,17,18)(H3,14,15,16). The second kappa shape index (κ2) is 4.97. The number of carboxylic acid groups (broad SMARTS) is 1. The van der Waals surface area contributed by atoms with E-state index in [1.807, 2.05) is 0 Å². The molecule has 1 heterocycles. The Balaban J connectivity index is 2.48. The smallest absolute Gasteiger partial charge is 0.341 e. The number of aromatic carboxylic acids is 1. The number of carboxylic acids is 1. The lowest BCUT2D eigenvalue weighted by Crippen LogP contribution is -2.02. The molecule has 4 N–H and O–H groups in total. The summed E-state index contributed by atoms with van der Waals surface area (Å²) >= 11 is 0. The van der Waals surface area contributed by atoms with Crippen LogP contribution in [0.25, 0.3) is 11.3 Å². The minimum absolute atomic E-state index is 0.107. The summed E-state index contributed by atoms with van der Waals surface area (Å²) in [5.41, 5.74) is 5.77. The molecule has 100 valence electrons. The van der Waals surface area contributed by atoms with Crippen molar-refractivity contribution in [1.29, 1.82) is 0 Å². The Hall–Kier alpha value is -2.57. The van der Waals surface area contributed by atoms with E-state index in [1.165, 1.54) is 18.2 Å². The van der Waals surface area contributed by atoms with E-state index in [0.29, 0.717) is 12.2 Å². The predicted molar refractivity (Wildman–Crippen MR) is 66.5 cm³/mol. The molecule has 0 spiro atoms. The van der Waals surface area contributed by atoms with Crippen LogP contribution in [0, 0.1) is 5.82 Å². The minimum Gasteiger partial charge on any atom is -0.491 e. The van der Waals surface area contributed by atoms with E-state index in [2.05, 4.69) is 10.2 Å². The Labute approximate surface area is 108 Å². The van der Waals surface area contributed by atoms with Gasteiger partial charge in [-0.2, -0.15) is 5.10 Å². The molecule has 6 nitrogen and oxygen atoms in total. The topological polar surface area (TPSA) is 101 Å². The second-order valence-electron chi connectivity index (χ2n) is 3.74. The third-order valence-electron chi connectivity index (χ3n) is 2.53. The molecule has 0 aliphatic heterocycles. The van der Waals surface area contributed by atoms with Crippen molar-refractivity contribution in [3.8, 4) is 17.0 Å². The third kappa shape index (κ3) is 2.35. The average molecular weight is 265 g/mol. The van der Waals surface area contributed by atoms with Crippen LogP contribution in [-0.4, -0.2) is 27.9 Å². The molecular formula is C12H12FN3O3. The van der Waals surface area contributed by atoms with Gasteiger partial charge < -0.3 is 15.6 Å².